The average Bonchev–Trinajstić information content (AvgIpc) is 2.15. The predicted octanol–water partition coefficient (Wildman–Crippen LogP) is 0.642. The molecule has 0 saturated carbocycles. The number of hydrogen-bond acceptors (Lipinski definition) is 5. The van der Waals surface area contributed by atoms with Crippen LogP contribution in [0, 0.1) is 0 Å². The summed E-state index contributed by atoms with van der Waals surface area (Å²) in [7, 11) is 1.28. The fraction of sp³-hybridized carbons (Fsp3) is 0.800. The van der Waals surface area contributed by atoms with Crippen molar-refractivity contribution < 1.29 is 24.2 Å². The third kappa shape index (κ3) is 6.90. The highest BCUT2D eigenvalue weighted by atomic mass is 16.6. The van der Waals surface area contributed by atoms with Crippen molar-refractivity contribution in [2.75, 3.05) is 7.11 Å². The van der Waals surface area contributed by atoms with E-state index in [9.17, 15) is 9.59 Å². The van der Waals surface area contributed by atoms with Gasteiger partial charge in [-0.25, -0.2) is 0 Å². The maximum Gasteiger partial charge on any atom is 0.309 e. The van der Waals surface area contributed by atoms with Gasteiger partial charge >= 0.3 is 11.9 Å². The summed E-state index contributed by atoms with van der Waals surface area (Å²) in [5.74, 6) is -0.910. The normalized spacial score (nSPS) is 14.1. The van der Waals surface area contributed by atoms with Gasteiger partial charge in [0, 0.05) is 0 Å². The Hall–Kier alpha value is -1.10. The lowest BCUT2D eigenvalue weighted by atomic mass is 10.2. The number of carbonyl (C=O) groups is 2. The molecule has 0 radical (unpaired) electrons. The van der Waals surface area contributed by atoms with E-state index in [1.54, 1.807) is 0 Å². The molecule has 5 heteroatoms. The van der Waals surface area contributed by atoms with E-state index in [2.05, 4.69) is 4.74 Å². The van der Waals surface area contributed by atoms with Crippen molar-refractivity contribution in [2.45, 2.75) is 45.3 Å². The third-order valence-corrected chi connectivity index (χ3v) is 1.84. The van der Waals surface area contributed by atoms with E-state index in [1.807, 2.05) is 6.92 Å². The van der Waals surface area contributed by atoms with Gasteiger partial charge in [0.05, 0.1) is 26.1 Å². The Morgan fingerprint density at radius 3 is 2.27 bits per heavy atom. The number of aliphatic hydroxyl groups is 1. The van der Waals surface area contributed by atoms with Crippen molar-refractivity contribution in [1.29, 1.82) is 0 Å². The zero-order valence-electron chi connectivity index (χ0n) is 9.36. The molecule has 5 nitrogen and oxygen atoms in total. The van der Waals surface area contributed by atoms with Crippen molar-refractivity contribution in [3.05, 3.63) is 0 Å². The number of hydrogen-bond donors (Lipinski definition) is 1. The van der Waals surface area contributed by atoms with Crippen molar-refractivity contribution in [2.24, 2.45) is 0 Å². The van der Waals surface area contributed by atoms with Crippen LogP contribution in [0.25, 0.3) is 0 Å². The van der Waals surface area contributed by atoms with Gasteiger partial charge in [0.15, 0.2) is 0 Å². The quantitative estimate of drug-likeness (QED) is 0.662. The molecule has 1 N–H and O–H groups in total. The zero-order valence-corrected chi connectivity index (χ0v) is 9.36. The molecule has 0 fully saturated rings. The fourth-order valence-corrected chi connectivity index (χ4v) is 1.01. The van der Waals surface area contributed by atoms with E-state index >= 15 is 0 Å². The maximum absolute atomic E-state index is 11.2. The second-order valence-electron chi connectivity index (χ2n) is 3.35. The summed E-state index contributed by atoms with van der Waals surface area (Å²) in [6, 6.07) is 0. The van der Waals surface area contributed by atoms with E-state index in [0.29, 0.717) is 6.42 Å². The molecule has 0 aromatic carbocycles. The standard InChI is InChI=1S/C10H18O5/c1-4-8(6-9(12)14-3)15-10(13)5-7(2)11/h7-8,11H,4-6H2,1-3H3. The summed E-state index contributed by atoms with van der Waals surface area (Å²) in [6.07, 6.45) is -0.659. The van der Waals surface area contributed by atoms with Crippen LogP contribution in [0.5, 0.6) is 0 Å². The van der Waals surface area contributed by atoms with Crippen LogP contribution in [-0.2, 0) is 19.1 Å². The number of ether oxygens (including phenoxy) is 2. The molecule has 0 amide bonds. The van der Waals surface area contributed by atoms with E-state index in [4.69, 9.17) is 9.84 Å². The minimum atomic E-state index is -0.729. The van der Waals surface area contributed by atoms with Crippen LogP contribution in [0.1, 0.15) is 33.1 Å². The van der Waals surface area contributed by atoms with Gasteiger partial charge in [-0.15, -0.1) is 0 Å². The van der Waals surface area contributed by atoms with Crippen molar-refractivity contribution in [3.63, 3.8) is 0 Å². The molecule has 0 heterocycles. The number of esters is 2. The molecule has 0 bridgehead atoms. The van der Waals surface area contributed by atoms with Crippen LogP contribution >= 0.6 is 0 Å². The van der Waals surface area contributed by atoms with E-state index in [-0.39, 0.29) is 12.8 Å². The van der Waals surface area contributed by atoms with E-state index in [0.717, 1.165) is 0 Å². The van der Waals surface area contributed by atoms with Crippen LogP contribution in [0.15, 0.2) is 0 Å². The molecule has 0 spiro atoms. The third-order valence-electron chi connectivity index (χ3n) is 1.84. The second kappa shape index (κ2) is 7.23. The monoisotopic (exact) mass is 218 g/mol. The SMILES string of the molecule is CCC(CC(=O)OC)OC(=O)CC(C)O. The Morgan fingerprint density at radius 2 is 1.87 bits per heavy atom. The molecule has 0 rings (SSSR count). The van der Waals surface area contributed by atoms with Crippen LogP contribution in [0.2, 0.25) is 0 Å². The Bertz CT molecular complexity index is 212. The summed E-state index contributed by atoms with van der Waals surface area (Å²) < 4.78 is 9.45. The minimum Gasteiger partial charge on any atom is -0.469 e. The highest BCUT2D eigenvalue weighted by Crippen LogP contribution is 2.07. The fourth-order valence-electron chi connectivity index (χ4n) is 1.01. The van der Waals surface area contributed by atoms with Crippen molar-refractivity contribution in [3.8, 4) is 0 Å². The highest BCUT2D eigenvalue weighted by molar-refractivity contribution is 5.72. The molecular weight excluding hydrogens is 200 g/mol. The summed E-state index contributed by atoms with van der Waals surface area (Å²) in [5.41, 5.74) is 0. The smallest absolute Gasteiger partial charge is 0.309 e. The lowest BCUT2D eigenvalue weighted by Crippen LogP contribution is -2.23. The Balaban J connectivity index is 3.98. The van der Waals surface area contributed by atoms with E-state index in [1.165, 1.54) is 14.0 Å². The number of carbonyl (C=O) groups excluding carboxylic acids is 2. The molecule has 0 saturated heterocycles. The molecule has 15 heavy (non-hydrogen) atoms. The summed E-state index contributed by atoms with van der Waals surface area (Å²) in [6.45, 7) is 3.31. The Kier molecular flexibility index (Phi) is 6.70. The molecular formula is C10H18O5. The maximum atomic E-state index is 11.2. The van der Waals surface area contributed by atoms with Gasteiger partial charge in [-0.1, -0.05) is 6.92 Å². The van der Waals surface area contributed by atoms with Gasteiger partial charge in [0.2, 0.25) is 0 Å². The first kappa shape index (κ1) is 13.9. The first-order valence-corrected chi connectivity index (χ1v) is 4.93. The molecule has 0 aromatic rings. The Morgan fingerprint density at radius 1 is 1.27 bits per heavy atom. The van der Waals surface area contributed by atoms with Crippen molar-refractivity contribution >= 4 is 11.9 Å². The molecule has 2 atom stereocenters. The molecule has 0 aliphatic heterocycles. The molecule has 88 valence electrons. The molecule has 0 aromatic heterocycles. The first-order chi connectivity index (χ1) is 6.99. The number of rotatable bonds is 6. The molecule has 0 aliphatic carbocycles. The van der Waals surface area contributed by atoms with Crippen LogP contribution < -0.4 is 0 Å². The lowest BCUT2D eigenvalue weighted by Gasteiger charge is -2.15. The lowest BCUT2D eigenvalue weighted by molar-refractivity contribution is -0.155. The first-order valence-electron chi connectivity index (χ1n) is 4.93. The van der Waals surface area contributed by atoms with Gasteiger partial charge in [-0.3, -0.25) is 9.59 Å². The second-order valence-corrected chi connectivity index (χ2v) is 3.35. The summed E-state index contributed by atoms with van der Waals surface area (Å²) in [4.78, 5) is 22.1. The van der Waals surface area contributed by atoms with Crippen LogP contribution in [0.3, 0.4) is 0 Å². The predicted molar refractivity (Wildman–Crippen MR) is 53.1 cm³/mol. The number of methoxy groups -OCH3 is 1. The van der Waals surface area contributed by atoms with Crippen molar-refractivity contribution in [1.82, 2.24) is 0 Å². The van der Waals surface area contributed by atoms with Crippen LogP contribution in [-0.4, -0.2) is 36.4 Å². The molecule has 2 unspecified atom stereocenters. The Labute approximate surface area is 89.4 Å². The number of aliphatic hydroxyl groups excluding tert-OH is 1. The molecule has 0 aliphatic rings. The van der Waals surface area contributed by atoms with Gasteiger partial charge in [-0.05, 0) is 13.3 Å². The van der Waals surface area contributed by atoms with Gasteiger partial charge < -0.3 is 14.6 Å². The van der Waals surface area contributed by atoms with Gasteiger partial charge in [-0.2, -0.15) is 0 Å². The topological polar surface area (TPSA) is 72.8 Å². The van der Waals surface area contributed by atoms with E-state index < -0.39 is 24.1 Å². The largest absolute Gasteiger partial charge is 0.469 e. The van der Waals surface area contributed by atoms with Crippen LogP contribution in [0.4, 0.5) is 0 Å². The van der Waals surface area contributed by atoms with Gasteiger partial charge in [0.25, 0.3) is 0 Å². The highest BCUT2D eigenvalue weighted by Gasteiger charge is 2.17. The summed E-state index contributed by atoms with van der Waals surface area (Å²) >= 11 is 0. The average molecular weight is 218 g/mol. The zero-order chi connectivity index (χ0) is 11.8. The van der Waals surface area contributed by atoms with Gasteiger partial charge in [0.1, 0.15) is 6.10 Å². The minimum absolute atomic E-state index is 0.0541. The summed E-state index contributed by atoms with van der Waals surface area (Å²) in [5, 5.41) is 8.94.